The van der Waals surface area contributed by atoms with Gasteiger partial charge in [0.05, 0.1) is 14.2 Å². The molecule has 76 valence electrons. The molecule has 0 unspecified atom stereocenters. The summed E-state index contributed by atoms with van der Waals surface area (Å²) in [5, 5.41) is 0. The first kappa shape index (κ1) is 10.4. The van der Waals surface area contributed by atoms with Gasteiger partial charge in [0.15, 0.2) is 0 Å². The number of nitrogen functional groups attached to an aromatic ring is 1. The Morgan fingerprint density at radius 1 is 1.36 bits per heavy atom. The summed E-state index contributed by atoms with van der Waals surface area (Å²) in [6.07, 6.45) is 0. The summed E-state index contributed by atoms with van der Waals surface area (Å²) in [5.41, 5.74) is 7.48. The Morgan fingerprint density at radius 2 is 2.00 bits per heavy atom. The average molecular weight is 195 g/mol. The van der Waals surface area contributed by atoms with Crippen LogP contribution in [0.2, 0.25) is 0 Å². The topological polar surface area (TPSA) is 61.5 Å². The number of nitrogens with two attached hydrogens (primary N) is 1. The van der Waals surface area contributed by atoms with Crippen LogP contribution in [0.25, 0.3) is 0 Å². The molecule has 0 saturated heterocycles. The first-order valence-electron chi connectivity index (χ1n) is 4.12. The fraction of sp³-hybridized carbons (Fsp3) is 0.300. The minimum absolute atomic E-state index is 0.390. The summed E-state index contributed by atoms with van der Waals surface area (Å²) in [5.74, 6) is 0.00454. The summed E-state index contributed by atoms with van der Waals surface area (Å²) in [7, 11) is 2.81. The molecular formula is C10H13NO3. The smallest absolute Gasteiger partial charge is 0.341 e. The van der Waals surface area contributed by atoms with Gasteiger partial charge in [0, 0.05) is 11.8 Å². The molecule has 0 aliphatic rings. The van der Waals surface area contributed by atoms with E-state index in [0.717, 1.165) is 5.56 Å². The van der Waals surface area contributed by atoms with E-state index >= 15 is 0 Å². The molecule has 0 radical (unpaired) electrons. The Bertz CT molecular complexity index is 361. The van der Waals surface area contributed by atoms with E-state index in [1.165, 1.54) is 14.2 Å². The highest BCUT2D eigenvalue weighted by molar-refractivity contribution is 5.93. The summed E-state index contributed by atoms with van der Waals surface area (Å²) in [6, 6.07) is 3.27. The molecule has 0 aromatic heterocycles. The van der Waals surface area contributed by atoms with Gasteiger partial charge < -0.3 is 15.2 Å². The van der Waals surface area contributed by atoms with Crippen molar-refractivity contribution < 1.29 is 14.3 Å². The van der Waals surface area contributed by atoms with E-state index in [1.54, 1.807) is 12.1 Å². The normalized spacial score (nSPS) is 9.64. The zero-order valence-electron chi connectivity index (χ0n) is 8.46. The minimum atomic E-state index is -0.426. The molecule has 0 saturated carbocycles. The molecule has 0 aliphatic heterocycles. The minimum Gasteiger partial charge on any atom is -0.496 e. The van der Waals surface area contributed by atoms with Crippen LogP contribution in [-0.4, -0.2) is 20.2 Å². The number of rotatable bonds is 2. The molecule has 0 atom stereocenters. The molecule has 0 amide bonds. The Kier molecular flexibility index (Phi) is 2.96. The van der Waals surface area contributed by atoms with Gasteiger partial charge in [0.1, 0.15) is 11.3 Å². The van der Waals surface area contributed by atoms with Gasteiger partial charge >= 0.3 is 5.97 Å². The fourth-order valence-electron chi connectivity index (χ4n) is 1.14. The van der Waals surface area contributed by atoms with Gasteiger partial charge in [-0.3, -0.25) is 0 Å². The lowest BCUT2D eigenvalue weighted by Gasteiger charge is -2.09. The maximum Gasteiger partial charge on any atom is 0.341 e. The van der Waals surface area contributed by atoms with Crippen LogP contribution in [0.5, 0.6) is 5.75 Å². The van der Waals surface area contributed by atoms with Crippen LogP contribution in [-0.2, 0) is 4.74 Å². The molecule has 2 N–H and O–H groups in total. The lowest BCUT2D eigenvalue weighted by atomic mass is 10.1. The van der Waals surface area contributed by atoms with Crippen molar-refractivity contribution in [3.8, 4) is 5.75 Å². The quantitative estimate of drug-likeness (QED) is 0.572. The first-order chi connectivity index (χ1) is 6.60. The third-order valence-corrected chi connectivity index (χ3v) is 1.99. The molecule has 0 fully saturated rings. The highest BCUT2D eigenvalue weighted by Gasteiger charge is 2.13. The second-order valence-corrected chi connectivity index (χ2v) is 2.90. The number of hydrogen-bond acceptors (Lipinski definition) is 4. The Labute approximate surface area is 82.6 Å². The summed E-state index contributed by atoms with van der Waals surface area (Å²) in [4.78, 5) is 11.3. The summed E-state index contributed by atoms with van der Waals surface area (Å²) >= 11 is 0. The van der Waals surface area contributed by atoms with Crippen LogP contribution in [0.4, 0.5) is 5.69 Å². The average Bonchev–Trinajstić information content (AvgIpc) is 2.20. The lowest BCUT2D eigenvalue weighted by Crippen LogP contribution is -2.05. The van der Waals surface area contributed by atoms with Crippen LogP contribution in [0, 0.1) is 6.92 Å². The standard InChI is InChI=1S/C10H13NO3/c1-6-4-7(10(12)14-3)9(13-2)5-8(6)11/h4-5H,11H2,1-3H3. The van der Waals surface area contributed by atoms with E-state index in [-0.39, 0.29) is 0 Å². The number of anilines is 1. The molecule has 1 rings (SSSR count). The molecular weight excluding hydrogens is 182 g/mol. The molecule has 14 heavy (non-hydrogen) atoms. The van der Waals surface area contributed by atoms with Crippen molar-refractivity contribution in [2.45, 2.75) is 6.92 Å². The third kappa shape index (κ3) is 1.79. The van der Waals surface area contributed by atoms with E-state index < -0.39 is 5.97 Å². The molecule has 0 aliphatic carbocycles. The van der Waals surface area contributed by atoms with Crippen LogP contribution in [0.1, 0.15) is 15.9 Å². The van der Waals surface area contributed by atoms with Gasteiger partial charge in [-0.1, -0.05) is 0 Å². The van der Waals surface area contributed by atoms with Crippen molar-refractivity contribution in [3.63, 3.8) is 0 Å². The van der Waals surface area contributed by atoms with Crippen molar-refractivity contribution in [1.29, 1.82) is 0 Å². The van der Waals surface area contributed by atoms with E-state index in [2.05, 4.69) is 4.74 Å². The van der Waals surface area contributed by atoms with Gasteiger partial charge in [-0.05, 0) is 18.6 Å². The van der Waals surface area contributed by atoms with Crippen molar-refractivity contribution >= 4 is 11.7 Å². The monoisotopic (exact) mass is 195 g/mol. The Hall–Kier alpha value is -1.71. The largest absolute Gasteiger partial charge is 0.496 e. The number of methoxy groups -OCH3 is 2. The first-order valence-corrected chi connectivity index (χ1v) is 4.12. The Morgan fingerprint density at radius 3 is 2.50 bits per heavy atom. The van der Waals surface area contributed by atoms with Crippen molar-refractivity contribution in [2.75, 3.05) is 20.0 Å². The SMILES string of the molecule is COC(=O)c1cc(C)c(N)cc1OC. The maximum absolute atomic E-state index is 11.3. The molecule has 4 heteroatoms. The summed E-state index contributed by atoms with van der Waals surface area (Å²) < 4.78 is 9.64. The molecule has 0 spiro atoms. The number of carbonyl (C=O) groups is 1. The number of ether oxygens (including phenoxy) is 2. The highest BCUT2D eigenvalue weighted by atomic mass is 16.5. The second kappa shape index (κ2) is 4.00. The van der Waals surface area contributed by atoms with Gasteiger partial charge in [0.2, 0.25) is 0 Å². The number of hydrogen-bond donors (Lipinski definition) is 1. The number of carbonyl (C=O) groups excluding carboxylic acids is 1. The number of aryl methyl sites for hydroxylation is 1. The van der Waals surface area contributed by atoms with Crippen molar-refractivity contribution in [1.82, 2.24) is 0 Å². The van der Waals surface area contributed by atoms with Crippen LogP contribution in [0.3, 0.4) is 0 Å². The predicted octanol–water partition coefficient (Wildman–Crippen LogP) is 1.37. The van der Waals surface area contributed by atoms with Gasteiger partial charge in [-0.25, -0.2) is 4.79 Å². The number of esters is 1. The van der Waals surface area contributed by atoms with E-state index in [0.29, 0.717) is 17.0 Å². The highest BCUT2D eigenvalue weighted by Crippen LogP contribution is 2.25. The zero-order valence-corrected chi connectivity index (χ0v) is 8.46. The Balaban J connectivity index is 3.27. The van der Waals surface area contributed by atoms with E-state index in [4.69, 9.17) is 10.5 Å². The van der Waals surface area contributed by atoms with Crippen molar-refractivity contribution in [2.24, 2.45) is 0 Å². The van der Waals surface area contributed by atoms with Gasteiger partial charge in [-0.15, -0.1) is 0 Å². The van der Waals surface area contributed by atoms with E-state index in [9.17, 15) is 4.79 Å². The zero-order chi connectivity index (χ0) is 10.7. The van der Waals surface area contributed by atoms with Gasteiger partial charge in [0.25, 0.3) is 0 Å². The fourth-order valence-corrected chi connectivity index (χ4v) is 1.14. The lowest BCUT2D eigenvalue weighted by molar-refractivity contribution is 0.0597. The molecule has 4 nitrogen and oxygen atoms in total. The number of benzene rings is 1. The molecule has 1 aromatic rings. The maximum atomic E-state index is 11.3. The predicted molar refractivity (Wildman–Crippen MR) is 53.5 cm³/mol. The molecule has 0 heterocycles. The van der Waals surface area contributed by atoms with Crippen molar-refractivity contribution in [3.05, 3.63) is 23.3 Å². The van der Waals surface area contributed by atoms with Gasteiger partial charge in [-0.2, -0.15) is 0 Å². The van der Waals surface area contributed by atoms with E-state index in [1.807, 2.05) is 6.92 Å². The van der Waals surface area contributed by atoms with Crippen LogP contribution in [0.15, 0.2) is 12.1 Å². The van der Waals surface area contributed by atoms with Crippen LogP contribution >= 0.6 is 0 Å². The third-order valence-electron chi connectivity index (χ3n) is 1.99. The van der Waals surface area contributed by atoms with Crippen LogP contribution < -0.4 is 10.5 Å². The summed E-state index contributed by atoms with van der Waals surface area (Å²) in [6.45, 7) is 1.82. The molecule has 0 bridgehead atoms. The second-order valence-electron chi connectivity index (χ2n) is 2.90. The molecule has 1 aromatic carbocycles.